The summed E-state index contributed by atoms with van der Waals surface area (Å²) in [6, 6.07) is 20.8. The predicted octanol–water partition coefficient (Wildman–Crippen LogP) is 6.38. The van der Waals surface area contributed by atoms with Crippen molar-refractivity contribution in [3.63, 3.8) is 0 Å². The molecule has 0 aliphatic heterocycles. The van der Waals surface area contributed by atoms with Gasteiger partial charge in [-0.2, -0.15) is 5.26 Å². The molecule has 0 spiro atoms. The summed E-state index contributed by atoms with van der Waals surface area (Å²) in [6.45, 7) is 0. The summed E-state index contributed by atoms with van der Waals surface area (Å²) in [6.07, 6.45) is 2.03. The molecular weight excluding hydrogens is 455 g/mol. The molecule has 0 atom stereocenters. The van der Waals surface area contributed by atoms with Gasteiger partial charge in [0.2, 0.25) is 0 Å². The molecule has 29 heavy (non-hydrogen) atoms. The van der Waals surface area contributed by atoms with Crippen LogP contribution in [0.25, 0.3) is 6.08 Å². The first kappa shape index (κ1) is 20.8. The number of benzene rings is 3. The van der Waals surface area contributed by atoms with Gasteiger partial charge in [0.15, 0.2) is 0 Å². The summed E-state index contributed by atoms with van der Waals surface area (Å²) >= 11 is 9.69. The number of hydrogen-bond donors (Lipinski definition) is 1. The van der Waals surface area contributed by atoms with Gasteiger partial charge in [-0.15, -0.1) is 0 Å². The van der Waals surface area contributed by atoms with Crippen molar-refractivity contribution >= 4 is 45.2 Å². The number of nitriles is 1. The molecular formula is C23H15BrClFN2O. The monoisotopic (exact) mass is 468 g/mol. The Labute approximate surface area is 181 Å². The lowest BCUT2D eigenvalue weighted by Crippen LogP contribution is -2.14. The zero-order valence-corrected chi connectivity index (χ0v) is 17.5. The number of anilines is 1. The zero-order chi connectivity index (χ0) is 20.8. The normalized spacial score (nSPS) is 11.0. The number of amides is 1. The molecule has 0 aromatic heterocycles. The number of nitrogens with zero attached hydrogens (tertiary/aromatic N) is 1. The molecule has 1 amide bonds. The van der Waals surface area contributed by atoms with E-state index in [9.17, 15) is 14.4 Å². The second kappa shape index (κ2) is 9.51. The van der Waals surface area contributed by atoms with Gasteiger partial charge in [-0.3, -0.25) is 4.79 Å². The number of carbonyl (C=O) groups excluding carboxylic acids is 1. The lowest BCUT2D eigenvalue weighted by atomic mass is 9.98. The Morgan fingerprint density at radius 1 is 1.10 bits per heavy atom. The summed E-state index contributed by atoms with van der Waals surface area (Å²) in [5.74, 6) is -1.25. The van der Waals surface area contributed by atoms with E-state index in [-0.39, 0.29) is 11.3 Å². The summed E-state index contributed by atoms with van der Waals surface area (Å²) in [4.78, 5) is 12.5. The molecule has 0 fully saturated rings. The molecule has 0 aliphatic carbocycles. The Hall–Kier alpha value is -2.94. The highest BCUT2D eigenvalue weighted by Crippen LogP contribution is 2.25. The van der Waals surface area contributed by atoms with Crippen LogP contribution in [0.4, 0.5) is 10.1 Å². The van der Waals surface area contributed by atoms with Crippen molar-refractivity contribution in [1.29, 1.82) is 5.26 Å². The van der Waals surface area contributed by atoms with E-state index in [2.05, 4.69) is 21.2 Å². The van der Waals surface area contributed by atoms with E-state index in [0.29, 0.717) is 17.0 Å². The van der Waals surface area contributed by atoms with E-state index in [4.69, 9.17) is 11.6 Å². The fraction of sp³-hybridized carbons (Fsp3) is 0.0435. The first-order chi connectivity index (χ1) is 14.0. The van der Waals surface area contributed by atoms with Crippen molar-refractivity contribution in [1.82, 2.24) is 0 Å². The van der Waals surface area contributed by atoms with Crippen LogP contribution in [0.3, 0.4) is 0 Å². The highest BCUT2D eigenvalue weighted by Gasteiger charge is 2.13. The minimum atomic E-state index is -0.679. The third-order valence-corrected chi connectivity index (χ3v) is 5.10. The molecule has 0 aliphatic rings. The SMILES string of the molecule is N#C/C(=C\c1cc(Br)ccc1Cc1ccccc1Cl)C(=O)Nc1ccccc1F. The first-order valence-electron chi connectivity index (χ1n) is 8.67. The lowest BCUT2D eigenvalue weighted by Gasteiger charge is -2.10. The maximum atomic E-state index is 13.8. The minimum absolute atomic E-state index is 0.0178. The average Bonchev–Trinajstić information content (AvgIpc) is 2.71. The Kier molecular flexibility index (Phi) is 6.82. The van der Waals surface area contributed by atoms with E-state index >= 15 is 0 Å². The van der Waals surface area contributed by atoms with Crippen molar-refractivity contribution in [2.75, 3.05) is 5.32 Å². The molecule has 1 N–H and O–H groups in total. The van der Waals surface area contributed by atoms with Crippen molar-refractivity contribution in [2.45, 2.75) is 6.42 Å². The van der Waals surface area contributed by atoms with Crippen molar-refractivity contribution in [2.24, 2.45) is 0 Å². The van der Waals surface area contributed by atoms with Crippen molar-refractivity contribution in [3.05, 3.63) is 104 Å². The molecule has 0 saturated heterocycles. The first-order valence-corrected chi connectivity index (χ1v) is 9.84. The maximum absolute atomic E-state index is 13.8. The Bertz CT molecular complexity index is 1140. The topological polar surface area (TPSA) is 52.9 Å². The third kappa shape index (κ3) is 5.32. The number of nitrogens with one attached hydrogen (secondary N) is 1. The van der Waals surface area contributed by atoms with Crippen LogP contribution >= 0.6 is 27.5 Å². The summed E-state index contributed by atoms with van der Waals surface area (Å²) in [5, 5.41) is 12.6. The maximum Gasteiger partial charge on any atom is 0.266 e. The van der Waals surface area contributed by atoms with Gasteiger partial charge in [-0.25, -0.2) is 4.39 Å². The van der Waals surface area contributed by atoms with Gasteiger partial charge in [0.25, 0.3) is 5.91 Å². The molecule has 6 heteroatoms. The van der Waals surface area contributed by atoms with Gasteiger partial charge < -0.3 is 5.32 Å². The number of hydrogen-bond acceptors (Lipinski definition) is 2. The van der Waals surface area contributed by atoms with Crippen LogP contribution in [0.1, 0.15) is 16.7 Å². The summed E-state index contributed by atoms with van der Waals surface area (Å²) in [5.41, 5.74) is 2.41. The molecule has 144 valence electrons. The Morgan fingerprint density at radius 3 is 2.55 bits per heavy atom. The lowest BCUT2D eigenvalue weighted by molar-refractivity contribution is -0.112. The predicted molar refractivity (Wildman–Crippen MR) is 117 cm³/mol. The molecule has 0 radical (unpaired) electrons. The van der Waals surface area contributed by atoms with Crippen LogP contribution in [0.2, 0.25) is 5.02 Å². The Balaban J connectivity index is 1.94. The van der Waals surface area contributed by atoms with Gasteiger partial charge in [0.05, 0.1) is 5.69 Å². The number of rotatable bonds is 5. The van der Waals surface area contributed by atoms with Crippen molar-refractivity contribution in [3.8, 4) is 6.07 Å². The molecule has 0 saturated carbocycles. The zero-order valence-electron chi connectivity index (χ0n) is 15.1. The average molecular weight is 470 g/mol. The van der Waals surface area contributed by atoms with Crippen LogP contribution in [-0.4, -0.2) is 5.91 Å². The number of halogens is 3. The second-order valence-electron chi connectivity index (χ2n) is 6.22. The quantitative estimate of drug-likeness (QED) is 0.348. The standard InChI is InChI=1S/C23H15BrClFN2O/c24-19-10-9-15(11-16-5-1-2-6-20(16)25)17(13-19)12-18(14-27)23(29)28-22-8-4-3-7-21(22)26/h1-10,12-13H,11H2,(H,28,29)/b18-12+. The highest BCUT2D eigenvalue weighted by atomic mass is 79.9. The minimum Gasteiger partial charge on any atom is -0.319 e. The number of para-hydroxylation sites is 1. The molecule has 3 aromatic rings. The van der Waals surface area contributed by atoms with Gasteiger partial charge in [0.1, 0.15) is 17.5 Å². The van der Waals surface area contributed by atoms with Crippen LogP contribution in [0, 0.1) is 17.1 Å². The van der Waals surface area contributed by atoms with E-state index < -0.39 is 11.7 Å². The molecule has 3 aromatic carbocycles. The Morgan fingerprint density at radius 2 is 1.83 bits per heavy atom. The van der Waals surface area contributed by atoms with E-state index in [1.165, 1.54) is 24.3 Å². The molecule has 0 unspecified atom stereocenters. The van der Waals surface area contributed by atoms with Crippen LogP contribution in [-0.2, 0) is 11.2 Å². The summed E-state index contributed by atoms with van der Waals surface area (Å²) in [7, 11) is 0. The van der Waals surface area contributed by atoms with E-state index in [1.54, 1.807) is 6.07 Å². The molecule has 3 rings (SSSR count). The van der Waals surface area contributed by atoms with E-state index in [0.717, 1.165) is 15.6 Å². The van der Waals surface area contributed by atoms with Crippen LogP contribution < -0.4 is 5.32 Å². The van der Waals surface area contributed by atoms with Crippen LogP contribution in [0.5, 0.6) is 0 Å². The van der Waals surface area contributed by atoms with Gasteiger partial charge in [-0.05, 0) is 59.5 Å². The van der Waals surface area contributed by atoms with Gasteiger partial charge >= 0.3 is 0 Å². The largest absolute Gasteiger partial charge is 0.319 e. The molecule has 0 bridgehead atoms. The fourth-order valence-corrected chi connectivity index (χ4v) is 3.35. The van der Waals surface area contributed by atoms with Crippen molar-refractivity contribution < 1.29 is 9.18 Å². The highest BCUT2D eigenvalue weighted by molar-refractivity contribution is 9.10. The number of carbonyl (C=O) groups is 1. The molecule has 0 heterocycles. The van der Waals surface area contributed by atoms with Gasteiger partial charge in [-0.1, -0.05) is 63.9 Å². The van der Waals surface area contributed by atoms with Crippen LogP contribution in [0.15, 0.2) is 76.8 Å². The third-order valence-electron chi connectivity index (χ3n) is 4.23. The van der Waals surface area contributed by atoms with E-state index in [1.807, 2.05) is 48.5 Å². The summed E-state index contributed by atoms with van der Waals surface area (Å²) < 4.78 is 14.6. The molecule has 3 nitrogen and oxygen atoms in total. The second-order valence-corrected chi connectivity index (χ2v) is 7.54. The fourth-order valence-electron chi connectivity index (χ4n) is 2.76. The smallest absolute Gasteiger partial charge is 0.266 e. The van der Waals surface area contributed by atoms with Gasteiger partial charge in [0, 0.05) is 9.50 Å².